The van der Waals surface area contributed by atoms with Crippen LogP contribution >= 0.6 is 34.5 Å². The van der Waals surface area contributed by atoms with Gasteiger partial charge in [-0.05, 0) is 30.3 Å². The second-order valence-electron chi connectivity index (χ2n) is 4.94. The molecule has 0 aliphatic heterocycles. The minimum atomic E-state index is -0.431. The Labute approximate surface area is 157 Å². The fraction of sp³-hybridized carbons (Fsp3) is 0. The Morgan fingerprint density at radius 1 is 1.08 bits per heavy atom. The molecule has 3 aromatic rings. The van der Waals surface area contributed by atoms with Crippen molar-refractivity contribution in [3.8, 4) is 17.3 Å². The predicted molar refractivity (Wildman–Crippen MR) is 101 cm³/mol. The van der Waals surface area contributed by atoms with Crippen LogP contribution in [0.5, 0.6) is 0 Å². The topological polar surface area (TPSA) is 77.8 Å². The maximum absolute atomic E-state index is 12.0. The molecular weight excluding hydrogens is 379 g/mol. The van der Waals surface area contributed by atoms with E-state index in [9.17, 15) is 4.79 Å². The van der Waals surface area contributed by atoms with Gasteiger partial charge in [0, 0.05) is 16.6 Å². The highest BCUT2D eigenvalue weighted by atomic mass is 35.5. The van der Waals surface area contributed by atoms with Crippen LogP contribution in [0.25, 0.3) is 11.3 Å². The van der Waals surface area contributed by atoms with Gasteiger partial charge in [-0.1, -0.05) is 35.3 Å². The van der Waals surface area contributed by atoms with Crippen LogP contribution in [0.3, 0.4) is 0 Å². The Balaban J connectivity index is 1.67. The molecule has 0 aliphatic carbocycles. The van der Waals surface area contributed by atoms with Gasteiger partial charge in [0.1, 0.15) is 0 Å². The Hall–Kier alpha value is -2.59. The summed E-state index contributed by atoms with van der Waals surface area (Å²) in [4.78, 5) is 16.4. The third-order valence-corrected chi connectivity index (χ3v) is 4.71. The molecular formula is C17H10Cl2N4OS. The number of carbonyl (C=O) groups is 1. The van der Waals surface area contributed by atoms with Crippen LogP contribution in [-0.4, -0.2) is 11.0 Å². The van der Waals surface area contributed by atoms with Crippen LogP contribution in [-0.2, 0) is 0 Å². The number of aromatic nitrogens is 1. The SMILES string of the molecule is N#Cc1ccc(-c2csc(NC(=O)Nc3ccc(Cl)c(Cl)c3)n2)cc1. The van der Waals surface area contributed by atoms with Crippen molar-refractivity contribution in [1.82, 2.24) is 4.98 Å². The lowest BCUT2D eigenvalue weighted by molar-refractivity contribution is 0.262. The number of benzene rings is 2. The summed E-state index contributed by atoms with van der Waals surface area (Å²) in [5.41, 5.74) is 2.70. The third kappa shape index (κ3) is 4.28. The molecule has 0 saturated carbocycles. The first kappa shape index (κ1) is 17.2. The van der Waals surface area contributed by atoms with Gasteiger partial charge in [-0.15, -0.1) is 11.3 Å². The maximum atomic E-state index is 12.0. The zero-order valence-electron chi connectivity index (χ0n) is 12.6. The predicted octanol–water partition coefficient (Wildman–Crippen LogP) is 5.63. The molecule has 5 nitrogen and oxygen atoms in total. The Kier molecular flexibility index (Phi) is 5.19. The lowest BCUT2D eigenvalue weighted by Crippen LogP contribution is -2.19. The molecule has 3 rings (SSSR count). The number of urea groups is 1. The van der Waals surface area contributed by atoms with Crippen LogP contribution < -0.4 is 10.6 Å². The van der Waals surface area contributed by atoms with Crippen molar-refractivity contribution in [1.29, 1.82) is 5.26 Å². The fourth-order valence-corrected chi connectivity index (χ4v) is 3.03. The normalized spacial score (nSPS) is 10.1. The highest BCUT2D eigenvalue weighted by molar-refractivity contribution is 7.14. The number of anilines is 2. The molecule has 2 N–H and O–H groups in total. The number of nitriles is 1. The standard InChI is InChI=1S/C17H10Cl2N4OS/c18-13-6-5-12(7-14(13)19)21-16(24)23-17-22-15(9-25-17)11-3-1-10(8-20)2-4-11/h1-7,9H,(H2,21,22,23,24). The van der Waals surface area contributed by atoms with E-state index in [4.69, 9.17) is 28.5 Å². The lowest BCUT2D eigenvalue weighted by atomic mass is 10.1. The van der Waals surface area contributed by atoms with Crippen LogP contribution in [0.4, 0.5) is 15.6 Å². The molecule has 25 heavy (non-hydrogen) atoms. The monoisotopic (exact) mass is 388 g/mol. The summed E-state index contributed by atoms with van der Waals surface area (Å²) >= 11 is 13.1. The fourth-order valence-electron chi connectivity index (χ4n) is 2.01. The molecule has 124 valence electrons. The van der Waals surface area contributed by atoms with Gasteiger partial charge in [0.05, 0.1) is 27.4 Å². The van der Waals surface area contributed by atoms with E-state index in [0.29, 0.717) is 26.4 Å². The molecule has 1 aromatic heterocycles. The number of carbonyl (C=O) groups excluding carboxylic acids is 1. The molecule has 0 fully saturated rings. The molecule has 2 amide bonds. The number of amides is 2. The van der Waals surface area contributed by atoms with Crippen LogP contribution in [0.2, 0.25) is 10.0 Å². The zero-order valence-corrected chi connectivity index (χ0v) is 14.9. The molecule has 0 saturated heterocycles. The van der Waals surface area contributed by atoms with Crippen molar-refractivity contribution in [2.45, 2.75) is 0 Å². The van der Waals surface area contributed by atoms with E-state index in [1.807, 2.05) is 17.5 Å². The summed E-state index contributed by atoms with van der Waals surface area (Å²) in [5.74, 6) is 0. The minimum absolute atomic E-state index is 0.358. The second-order valence-corrected chi connectivity index (χ2v) is 6.61. The molecule has 0 unspecified atom stereocenters. The van der Waals surface area contributed by atoms with Crippen molar-refractivity contribution >= 4 is 51.4 Å². The number of hydrogen-bond donors (Lipinski definition) is 2. The summed E-state index contributed by atoms with van der Waals surface area (Å²) in [5, 5.41) is 17.2. The molecule has 0 spiro atoms. The van der Waals surface area contributed by atoms with E-state index in [-0.39, 0.29) is 0 Å². The summed E-state index contributed by atoms with van der Waals surface area (Å²) in [6, 6.07) is 13.5. The summed E-state index contributed by atoms with van der Waals surface area (Å²) in [6.07, 6.45) is 0. The number of hydrogen-bond acceptors (Lipinski definition) is 4. The van der Waals surface area contributed by atoms with E-state index in [2.05, 4.69) is 21.7 Å². The van der Waals surface area contributed by atoms with E-state index in [1.54, 1.807) is 30.3 Å². The number of thiazole rings is 1. The average molecular weight is 389 g/mol. The van der Waals surface area contributed by atoms with Gasteiger partial charge in [0.25, 0.3) is 0 Å². The average Bonchev–Trinajstić information content (AvgIpc) is 3.06. The molecule has 0 radical (unpaired) electrons. The molecule has 0 aliphatic rings. The first-order valence-electron chi connectivity index (χ1n) is 7.04. The molecule has 8 heteroatoms. The largest absolute Gasteiger partial charge is 0.325 e. The lowest BCUT2D eigenvalue weighted by Gasteiger charge is -2.06. The van der Waals surface area contributed by atoms with Crippen molar-refractivity contribution in [3.05, 3.63) is 63.5 Å². The van der Waals surface area contributed by atoms with Gasteiger partial charge in [-0.3, -0.25) is 5.32 Å². The molecule has 1 heterocycles. The first-order valence-corrected chi connectivity index (χ1v) is 8.68. The summed E-state index contributed by atoms with van der Waals surface area (Å²) in [6.45, 7) is 0. The number of halogens is 2. The number of nitrogens with zero attached hydrogens (tertiary/aromatic N) is 2. The molecule has 0 bridgehead atoms. The van der Waals surface area contributed by atoms with Crippen LogP contribution in [0, 0.1) is 11.3 Å². The Morgan fingerprint density at radius 2 is 1.84 bits per heavy atom. The van der Waals surface area contributed by atoms with Gasteiger partial charge in [-0.2, -0.15) is 5.26 Å². The van der Waals surface area contributed by atoms with Crippen molar-refractivity contribution in [2.75, 3.05) is 10.6 Å². The minimum Gasteiger partial charge on any atom is -0.308 e. The van der Waals surface area contributed by atoms with Gasteiger partial charge in [0.2, 0.25) is 0 Å². The Bertz CT molecular complexity index is 964. The highest BCUT2D eigenvalue weighted by Gasteiger charge is 2.09. The van der Waals surface area contributed by atoms with Gasteiger partial charge >= 0.3 is 6.03 Å². The first-order chi connectivity index (χ1) is 12.0. The molecule has 0 atom stereocenters. The van der Waals surface area contributed by atoms with Crippen LogP contribution in [0.15, 0.2) is 47.8 Å². The summed E-state index contributed by atoms with van der Waals surface area (Å²) in [7, 11) is 0. The number of rotatable bonds is 3. The zero-order chi connectivity index (χ0) is 17.8. The van der Waals surface area contributed by atoms with Crippen LogP contribution in [0.1, 0.15) is 5.56 Å². The number of nitrogens with one attached hydrogen (secondary N) is 2. The van der Waals surface area contributed by atoms with Crippen molar-refractivity contribution in [2.24, 2.45) is 0 Å². The second kappa shape index (κ2) is 7.53. The van der Waals surface area contributed by atoms with E-state index in [1.165, 1.54) is 11.3 Å². The van der Waals surface area contributed by atoms with E-state index in [0.717, 1.165) is 11.3 Å². The molecule has 2 aromatic carbocycles. The summed E-state index contributed by atoms with van der Waals surface area (Å²) < 4.78 is 0. The van der Waals surface area contributed by atoms with Crippen molar-refractivity contribution < 1.29 is 4.79 Å². The third-order valence-electron chi connectivity index (χ3n) is 3.21. The highest BCUT2D eigenvalue weighted by Crippen LogP contribution is 2.27. The van der Waals surface area contributed by atoms with Crippen molar-refractivity contribution in [3.63, 3.8) is 0 Å². The van der Waals surface area contributed by atoms with Gasteiger partial charge in [-0.25, -0.2) is 9.78 Å². The van der Waals surface area contributed by atoms with E-state index >= 15 is 0 Å². The maximum Gasteiger partial charge on any atom is 0.325 e. The van der Waals surface area contributed by atoms with E-state index < -0.39 is 6.03 Å². The Morgan fingerprint density at radius 3 is 2.52 bits per heavy atom. The smallest absolute Gasteiger partial charge is 0.308 e. The van der Waals surface area contributed by atoms with Gasteiger partial charge < -0.3 is 5.32 Å². The quantitative estimate of drug-likeness (QED) is 0.609. The van der Waals surface area contributed by atoms with Gasteiger partial charge in [0.15, 0.2) is 5.13 Å².